The number of unbranched alkanes of at least 4 members (excludes halogenated alkanes) is 35. The van der Waals surface area contributed by atoms with Crippen molar-refractivity contribution in [2.75, 3.05) is 13.2 Å². The molecule has 0 aromatic rings. The SMILES string of the molecule is CC/C=C/C/C=C/C/C=C/CCCCCC(O)C(=O)NC(COC1OC(CO)C(O)C(O)C1OC(=O)CCCCCCCCCCCCCCCCC/C=C/CCCCCCCC)C(O)/C=C/CCCCCCCCCCCCC. The van der Waals surface area contributed by atoms with Crippen molar-refractivity contribution in [1.29, 1.82) is 0 Å². The number of amides is 1. The molecule has 8 atom stereocenters. The summed E-state index contributed by atoms with van der Waals surface area (Å²) < 4.78 is 17.7. The standard InChI is InChI=1S/C69H125NO10/c1-4-7-10-13-16-19-22-25-26-27-28-29-30-31-32-33-34-35-36-39-42-45-48-51-54-57-64(74)80-67-66(76)65(75)63(58-71)79-69(67)78-59-60(61(72)55-52-49-46-43-40-37-23-20-17-14-11-8-5-2)70-68(77)62(73)56-53-50-47-44-41-38-24-21-18-15-12-9-6-3/h9,12,18,21,25-26,38,41,52,55,60-63,65-67,69,71-73,75-76H,4-8,10-11,13-17,19-20,22-24,27-37,39-40,42-51,53-54,56-59H2,1-3H3,(H,70,77)/b12-9+,21-18+,26-25+,41-38+,55-52+. The maximum atomic E-state index is 13.4. The molecule has 1 aliphatic heterocycles. The number of aliphatic hydroxyl groups is 5. The normalized spacial score (nSPS) is 19.1. The Kier molecular flexibility index (Phi) is 53.5. The summed E-state index contributed by atoms with van der Waals surface area (Å²) in [4.78, 5) is 26.6. The third-order valence-electron chi connectivity index (χ3n) is 15.7. The van der Waals surface area contributed by atoms with Crippen LogP contribution in [0.3, 0.4) is 0 Å². The Morgan fingerprint density at radius 3 is 1.36 bits per heavy atom. The molecule has 0 aromatic carbocycles. The zero-order valence-electron chi connectivity index (χ0n) is 51.7. The van der Waals surface area contributed by atoms with E-state index in [1.807, 2.05) is 6.08 Å². The lowest BCUT2D eigenvalue weighted by Crippen LogP contribution is -2.61. The Morgan fingerprint density at radius 2 is 0.900 bits per heavy atom. The highest BCUT2D eigenvalue weighted by atomic mass is 16.7. The Morgan fingerprint density at radius 1 is 0.500 bits per heavy atom. The summed E-state index contributed by atoms with van der Waals surface area (Å²) in [6, 6.07) is -1.04. The summed E-state index contributed by atoms with van der Waals surface area (Å²) in [6.45, 7) is 5.68. The van der Waals surface area contributed by atoms with Crippen molar-refractivity contribution in [3.63, 3.8) is 0 Å². The van der Waals surface area contributed by atoms with E-state index < -0.39 is 67.4 Å². The molecular formula is C69H125NO10. The van der Waals surface area contributed by atoms with Gasteiger partial charge in [0.25, 0.3) is 0 Å². The van der Waals surface area contributed by atoms with E-state index >= 15 is 0 Å². The predicted octanol–water partition coefficient (Wildman–Crippen LogP) is 16.6. The quantitative estimate of drug-likeness (QED) is 0.0195. The van der Waals surface area contributed by atoms with E-state index in [1.165, 1.54) is 180 Å². The molecule has 0 aromatic heterocycles. The molecule has 6 N–H and O–H groups in total. The molecule has 1 heterocycles. The molecule has 80 heavy (non-hydrogen) atoms. The average Bonchev–Trinajstić information content (AvgIpc) is 3.45. The molecular weight excluding hydrogens is 1000 g/mol. The van der Waals surface area contributed by atoms with Gasteiger partial charge >= 0.3 is 5.97 Å². The molecule has 8 unspecified atom stereocenters. The van der Waals surface area contributed by atoms with Crippen molar-refractivity contribution >= 4 is 11.9 Å². The van der Waals surface area contributed by atoms with Crippen LogP contribution in [0, 0.1) is 0 Å². The maximum absolute atomic E-state index is 13.4. The van der Waals surface area contributed by atoms with Crippen LogP contribution in [0.2, 0.25) is 0 Å². The first-order valence-corrected chi connectivity index (χ1v) is 33.6. The van der Waals surface area contributed by atoms with Crippen LogP contribution in [-0.2, 0) is 23.8 Å². The van der Waals surface area contributed by atoms with E-state index in [4.69, 9.17) is 14.2 Å². The Labute approximate surface area is 490 Å². The van der Waals surface area contributed by atoms with Crippen molar-refractivity contribution in [3.8, 4) is 0 Å². The number of aliphatic hydroxyl groups excluding tert-OH is 5. The minimum Gasteiger partial charge on any atom is -0.454 e. The molecule has 11 nitrogen and oxygen atoms in total. The highest BCUT2D eigenvalue weighted by molar-refractivity contribution is 5.80. The summed E-state index contributed by atoms with van der Waals surface area (Å²) in [5.74, 6) is -1.21. The van der Waals surface area contributed by atoms with E-state index in [9.17, 15) is 35.1 Å². The Bertz CT molecular complexity index is 1530. The van der Waals surface area contributed by atoms with Gasteiger partial charge in [-0.05, 0) is 83.5 Å². The molecule has 0 bridgehead atoms. The van der Waals surface area contributed by atoms with Crippen molar-refractivity contribution < 1.29 is 49.3 Å². The van der Waals surface area contributed by atoms with Crippen molar-refractivity contribution in [1.82, 2.24) is 5.32 Å². The van der Waals surface area contributed by atoms with Gasteiger partial charge in [-0.25, -0.2) is 0 Å². The topological polar surface area (TPSA) is 175 Å². The number of allylic oxidation sites excluding steroid dienone is 9. The minimum atomic E-state index is -1.62. The molecule has 0 aliphatic carbocycles. The summed E-state index contributed by atoms with van der Waals surface area (Å²) >= 11 is 0. The molecule has 1 amide bonds. The number of carbonyl (C=O) groups is 2. The second-order valence-corrected chi connectivity index (χ2v) is 23.2. The van der Waals surface area contributed by atoms with Gasteiger partial charge in [0, 0.05) is 6.42 Å². The smallest absolute Gasteiger partial charge is 0.306 e. The minimum absolute atomic E-state index is 0.122. The van der Waals surface area contributed by atoms with Gasteiger partial charge in [-0.2, -0.15) is 0 Å². The van der Waals surface area contributed by atoms with Gasteiger partial charge in [0.2, 0.25) is 5.91 Å². The lowest BCUT2D eigenvalue weighted by atomic mass is 9.99. The van der Waals surface area contributed by atoms with Gasteiger partial charge in [-0.15, -0.1) is 0 Å². The number of hydrogen-bond donors (Lipinski definition) is 6. The summed E-state index contributed by atoms with van der Waals surface area (Å²) in [6.07, 6.45) is 61.3. The largest absolute Gasteiger partial charge is 0.454 e. The van der Waals surface area contributed by atoms with E-state index in [0.717, 1.165) is 77.0 Å². The number of nitrogens with one attached hydrogen (secondary N) is 1. The fourth-order valence-corrected chi connectivity index (χ4v) is 10.4. The number of ether oxygens (including phenoxy) is 3. The lowest BCUT2D eigenvalue weighted by Gasteiger charge is -2.41. The molecule has 1 saturated heterocycles. The number of carbonyl (C=O) groups excluding carboxylic acids is 2. The molecule has 1 fully saturated rings. The van der Waals surface area contributed by atoms with Gasteiger partial charge in [0.1, 0.15) is 24.4 Å². The first kappa shape index (κ1) is 75.4. The zero-order chi connectivity index (χ0) is 58.2. The molecule has 466 valence electrons. The van der Waals surface area contributed by atoms with Crippen LogP contribution in [0.1, 0.15) is 303 Å². The second-order valence-electron chi connectivity index (χ2n) is 23.2. The Balaban J connectivity index is 2.58. The van der Waals surface area contributed by atoms with Gasteiger partial charge < -0.3 is 45.1 Å². The van der Waals surface area contributed by atoms with Gasteiger partial charge in [-0.3, -0.25) is 9.59 Å². The van der Waals surface area contributed by atoms with Crippen LogP contribution in [0.5, 0.6) is 0 Å². The third-order valence-corrected chi connectivity index (χ3v) is 15.7. The number of rotatable bonds is 57. The van der Waals surface area contributed by atoms with E-state index in [2.05, 4.69) is 74.7 Å². The molecule has 0 spiro atoms. The zero-order valence-corrected chi connectivity index (χ0v) is 51.7. The van der Waals surface area contributed by atoms with E-state index in [1.54, 1.807) is 6.08 Å². The molecule has 11 heteroatoms. The van der Waals surface area contributed by atoms with Crippen molar-refractivity contribution in [2.45, 2.75) is 352 Å². The van der Waals surface area contributed by atoms with Crippen LogP contribution >= 0.6 is 0 Å². The van der Waals surface area contributed by atoms with Crippen LogP contribution < -0.4 is 5.32 Å². The average molecular weight is 1130 g/mol. The van der Waals surface area contributed by atoms with Crippen molar-refractivity contribution in [3.05, 3.63) is 60.8 Å². The molecule has 1 rings (SSSR count). The first-order chi connectivity index (χ1) is 39.2. The van der Waals surface area contributed by atoms with E-state index in [0.29, 0.717) is 12.8 Å². The monoisotopic (exact) mass is 1130 g/mol. The number of hydrogen-bond acceptors (Lipinski definition) is 10. The fourth-order valence-electron chi connectivity index (χ4n) is 10.4. The molecule has 0 saturated carbocycles. The van der Waals surface area contributed by atoms with Gasteiger partial charge in [0.05, 0.1) is 25.4 Å². The summed E-state index contributed by atoms with van der Waals surface area (Å²) in [5, 5.41) is 57.0. The maximum Gasteiger partial charge on any atom is 0.306 e. The summed E-state index contributed by atoms with van der Waals surface area (Å²) in [5.41, 5.74) is 0. The van der Waals surface area contributed by atoms with Crippen LogP contribution in [-0.4, -0.2) is 99.6 Å². The van der Waals surface area contributed by atoms with Gasteiger partial charge in [0.15, 0.2) is 12.4 Å². The van der Waals surface area contributed by atoms with Gasteiger partial charge in [-0.1, -0.05) is 274 Å². The highest BCUT2D eigenvalue weighted by Gasteiger charge is 2.47. The van der Waals surface area contributed by atoms with Crippen LogP contribution in [0.25, 0.3) is 0 Å². The van der Waals surface area contributed by atoms with Crippen molar-refractivity contribution in [2.24, 2.45) is 0 Å². The number of esters is 1. The first-order valence-electron chi connectivity index (χ1n) is 33.6. The highest BCUT2D eigenvalue weighted by Crippen LogP contribution is 2.26. The van der Waals surface area contributed by atoms with Crippen LogP contribution in [0.15, 0.2) is 60.8 Å². The lowest BCUT2D eigenvalue weighted by molar-refractivity contribution is -0.305. The third kappa shape index (κ3) is 44.0. The predicted molar refractivity (Wildman–Crippen MR) is 333 cm³/mol. The Hall–Kier alpha value is -2.64. The fraction of sp³-hybridized carbons (Fsp3) is 0.826. The summed E-state index contributed by atoms with van der Waals surface area (Å²) in [7, 11) is 0. The molecule has 1 aliphatic rings. The molecule has 0 radical (unpaired) electrons. The van der Waals surface area contributed by atoms with E-state index in [-0.39, 0.29) is 19.4 Å². The van der Waals surface area contributed by atoms with Crippen LogP contribution in [0.4, 0.5) is 0 Å². The second kappa shape index (κ2) is 56.8.